The zero-order valence-electron chi connectivity index (χ0n) is 10.8. The Kier molecular flexibility index (Phi) is 4.25. The molecule has 0 bridgehead atoms. The van der Waals surface area contributed by atoms with E-state index in [-0.39, 0.29) is 6.42 Å². The lowest BCUT2D eigenvalue weighted by molar-refractivity contribution is -0.137. The highest BCUT2D eigenvalue weighted by Gasteiger charge is 2.18. The van der Waals surface area contributed by atoms with Crippen molar-refractivity contribution in [3.63, 3.8) is 0 Å². The SMILES string of the molecule is CCN1CCN(c2ccc(CCC(=O)O)o2)CC1. The Balaban J connectivity index is 1.88. The molecular formula is C13H20N2O3. The van der Waals surface area contributed by atoms with Crippen LogP contribution in [0.4, 0.5) is 5.88 Å². The number of furan rings is 1. The molecule has 0 aliphatic carbocycles. The summed E-state index contributed by atoms with van der Waals surface area (Å²) in [5.41, 5.74) is 0. The molecule has 100 valence electrons. The average molecular weight is 252 g/mol. The Labute approximate surface area is 107 Å². The number of nitrogens with zero attached hydrogens (tertiary/aromatic N) is 2. The fourth-order valence-electron chi connectivity index (χ4n) is 2.19. The molecule has 1 aromatic rings. The first-order chi connectivity index (χ1) is 8.69. The number of anilines is 1. The van der Waals surface area contributed by atoms with E-state index < -0.39 is 5.97 Å². The summed E-state index contributed by atoms with van der Waals surface area (Å²) < 4.78 is 5.69. The summed E-state index contributed by atoms with van der Waals surface area (Å²) in [7, 11) is 0. The van der Waals surface area contributed by atoms with Gasteiger partial charge in [-0.1, -0.05) is 6.92 Å². The monoisotopic (exact) mass is 252 g/mol. The average Bonchev–Trinajstić information content (AvgIpc) is 2.85. The highest BCUT2D eigenvalue weighted by atomic mass is 16.4. The first kappa shape index (κ1) is 13.0. The maximum Gasteiger partial charge on any atom is 0.303 e. The van der Waals surface area contributed by atoms with Crippen LogP contribution in [0.1, 0.15) is 19.1 Å². The van der Waals surface area contributed by atoms with E-state index in [1.54, 1.807) is 0 Å². The predicted molar refractivity (Wildman–Crippen MR) is 69.0 cm³/mol. The van der Waals surface area contributed by atoms with Crippen molar-refractivity contribution >= 4 is 11.9 Å². The van der Waals surface area contributed by atoms with Crippen LogP contribution >= 0.6 is 0 Å². The zero-order chi connectivity index (χ0) is 13.0. The Morgan fingerprint density at radius 3 is 2.67 bits per heavy atom. The second kappa shape index (κ2) is 5.91. The Morgan fingerprint density at radius 2 is 2.06 bits per heavy atom. The summed E-state index contributed by atoms with van der Waals surface area (Å²) in [5, 5.41) is 8.63. The van der Waals surface area contributed by atoms with Crippen LogP contribution < -0.4 is 4.90 Å². The molecule has 5 heteroatoms. The third-order valence-corrected chi connectivity index (χ3v) is 3.36. The summed E-state index contributed by atoms with van der Waals surface area (Å²) in [5.74, 6) is 0.834. The van der Waals surface area contributed by atoms with Crippen LogP contribution in [0.25, 0.3) is 0 Å². The lowest BCUT2D eigenvalue weighted by Crippen LogP contribution is -2.46. The van der Waals surface area contributed by atoms with Crippen LogP contribution in [-0.4, -0.2) is 48.7 Å². The summed E-state index contributed by atoms with van der Waals surface area (Å²) in [4.78, 5) is 15.1. The van der Waals surface area contributed by atoms with Gasteiger partial charge in [0.2, 0.25) is 0 Å². The van der Waals surface area contributed by atoms with E-state index in [0.717, 1.165) is 44.4 Å². The van der Waals surface area contributed by atoms with Gasteiger partial charge in [0, 0.05) is 38.7 Å². The molecule has 0 atom stereocenters. The summed E-state index contributed by atoms with van der Waals surface area (Å²) >= 11 is 0. The van der Waals surface area contributed by atoms with E-state index in [0.29, 0.717) is 6.42 Å². The smallest absolute Gasteiger partial charge is 0.303 e. The van der Waals surface area contributed by atoms with Gasteiger partial charge in [0.25, 0.3) is 0 Å². The third kappa shape index (κ3) is 3.26. The van der Waals surface area contributed by atoms with Gasteiger partial charge in [0.1, 0.15) is 5.76 Å². The molecule has 0 amide bonds. The molecule has 1 saturated heterocycles. The molecule has 1 aliphatic heterocycles. The molecule has 0 radical (unpaired) electrons. The number of hydrogen-bond acceptors (Lipinski definition) is 4. The van der Waals surface area contributed by atoms with Crippen molar-refractivity contribution in [1.82, 2.24) is 4.90 Å². The van der Waals surface area contributed by atoms with Crippen LogP contribution in [0.15, 0.2) is 16.5 Å². The molecule has 0 unspecified atom stereocenters. The van der Waals surface area contributed by atoms with Gasteiger partial charge >= 0.3 is 5.97 Å². The first-order valence-corrected chi connectivity index (χ1v) is 6.47. The van der Waals surface area contributed by atoms with Crippen molar-refractivity contribution in [3.8, 4) is 0 Å². The quantitative estimate of drug-likeness (QED) is 0.859. The van der Waals surface area contributed by atoms with Crippen molar-refractivity contribution in [1.29, 1.82) is 0 Å². The number of aryl methyl sites for hydroxylation is 1. The van der Waals surface area contributed by atoms with Crippen molar-refractivity contribution in [2.75, 3.05) is 37.6 Å². The lowest BCUT2D eigenvalue weighted by Gasteiger charge is -2.33. The fraction of sp³-hybridized carbons (Fsp3) is 0.615. The summed E-state index contributed by atoms with van der Waals surface area (Å²) in [6.07, 6.45) is 0.584. The minimum absolute atomic E-state index is 0.122. The Bertz CT molecular complexity index is 395. The van der Waals surface area contributed by atoms with E-state index in [1.165, 1.54) is 0 Å². The van der Waals surface area contributed by atoms with Crippen LogP contribution in [0.2, 0.25) is 0 Å². The van der Waals surface area contributed by atoms with E-state index in [4.69, 9.17) is 9.52 Å². The number of piperazine rings is 1. The first-order valence-electron chi connectivity index (χ1n) is 6.47. The normalized spacial score (nSPS) is 17.1. The standard InChI is InChI=1S/C13H20N2O3/c1-2-14-7-9-15(10-8-14)12-5-3-11(18-12)4-6-13(16)17/h3,5H,2,4,6-10H2,1H3,(H,16,17). The lowest BCUT2D eigenvalue weighted by atomic mass is 10.2. The predicted octanol–water partition coefficient (Wildman–Crippen LogP) is 1.44. The van der Waals surface area contributed by atoms with Gasteiger partial charge in [-0.05, 0) is 12.6 Å². The van der Waals surface area contributed by atoms with E-state index in [1.807, 2.05) is 12.1 Å². The molecule has 2 heterocycles. The molecule has 1 N–H and O–H groups in total. The maximum atomic E-state index is 10.5. The summed E-state index contributed by atoms with van der Waals surface area (Å²) in [6, 6.07) is 3.82. The molecule has 1 aromatic heterocycles. The molecule has 2 rings (SSSR count). The van der Waals surface area contributed by atoms with Crippen LogP contribution in [0.3, 0.4) is 0 Å². The number of hydrogen-bond donors (Lipinski definition) is 1. The molecule has 0 spiro atoms. The zero-order valence-corrected chi connectivity index (χ0v) is 10.8. The van der Waals surface area contributed by atoms with Crippen LogP contribution in [0, 0.1) is 0 Å². The second-order valence-corrected chi connectivity index (χ2v) is 4.55. The number of likely N-dealkylation sites (N-methyl/N-ethyl adjacent to an activating group) is 1. The highest BCUT2D eigenvalue weighted by Crippen LogP contribution is 2.20. The summed E-state index contributed by atoms with van der Waals surface area (Å²) in [6.45, 7) is 7.32. The largest absolute Gasteiger partial charge is 0.481 e. The topological polar surface area (TPSA) is 56.9 Å². The number of carboxylic acids is 1. The van der Waals surface area contributed by atoms with Gasteiger partial charge in [-0.3, -0.25) is 4.79 Å². The van der Waals surface area contributed by atoms with Crippen LogP contribution in [-0.2, 0) is 11.2 Å². The maximum absolute atomic E-state index is 10.5. The van der Waals surface area contributed by atoms with Gasteiger partial charge < -0.3 is 19.3 Å². The van der Waals surface area contributed by atoms with Crippen molar-refractivity contribution in [2.24, 2.45) is 0 Å². The van der Waals surface area contributed by atoms with Gasteiger partial charge in [-0.2, -0.15) is 0 Å². The third-order valence-electron chi connectivity index (χ3n) is 3.36. The number of rotatable bonds is 5. The molecule has 1 fully saturated rings. The Morgan fingerprint density at radius 1 is 1.33 bits per heavy atom. The van der Waals surface area contributed by atoms with E-state index in [2.05, 4.69) is 16.7 Å². The minimum atomic E-state index is -0.787. The van der Waals surface area contributed by atoms with Gasteiger partial charge in [0.05, 0.1) is 6.42 Å². The van der Waals surface area contributed by atoms with Gasteiger partial charge in [-0.25, -0.2) is 0 Å². The molecule has 18 heavy (non-hydrogen) atoms. The molecule has 0 saturated carbocycles. The van der Waals surface area contributed by atoms with Crippen molar-refractivity contribution in [3.05, 3.63) is 17.9 Å². The number of carboxylic acid groups (broad SMARTS) is 1. The molecule has 0 aromatic carbocycles. The van der Waals surface area contributed by atoms with Crippen molar-refractivity contribution in [2.45, 2.75) is 19.8 Å². The number of carbonyl (C=O) groups is 1. The minimum Gasteiger partial charge on any atom is -0.481 e. The van der Waals surface area contributed by atoms with Crippen LogP contribution in [0.5, 0.6) is 0 Å². The second-order valence-electron chi connectivity index (χ2n) is 4.55. The fourth-order valence-corrected chi connectivity index (χ4v) is 2.19. The van der Waals surface area contributed by atoms with Gasteiger partial charge in [-0.15, -0.1) is 0 Å². The van der Waals surface area contributed by atoms with E-state index >= 15 is 0 Å². The van der Waals surface area contributed by atoms with Crippen molar-refractivity contribution < 1.29 is 14.3 Å². The highest BCUT2D eigenvalue weighted by molar-refractivity contribution is 5.66. The molecule has 1 aliphatic rings. The molecule has 5 nitrogen and oxygen atoms in total. The Hall–Kier alpha value is -1.49. The van der Waals surface area contributed by atoms with Gasteiger partial charge in [0.15, 0.2) is 5.88 Å². The number of aliphatic carboxylic acids is 1. The molecular weight excluding hydrogens is 232 g/mol. The van der Waals surface area contributed by atoms with E-state index in [9.17, 15) is 4.79 Å².